The van der Waals surface area contributed by atoms with Crippen molar-refractivity contribution in [3.8, 4) is 5.75 Å². The monoisotopic (exact) mass is 370 g/mol. The zero-order valence-electron chi connectivity index (χ0n) is 15.4. The van der Waals surface area contributed by atoms with Crippen LogP contribution in [0.3, 0.4) is 0 Å². The van der Waals surface area contributed by atoms with Crippen LogP contribution in [0.25, 0.3) is 0 Å². The van der Waals surface area contributed by atoms with Gasteiger partial charge in [-0.05, 0) is 36.2 Å². The summed E-state index contributed by atoms with van der Waals surface area (Å²) in [6.45, 7) is 4.06. The van der Waals surface area contributed by atoms with Crippen LogP contribution in [0.5, 0.6) is 5.75 Å². The first-order valence-electron chi connectivity index (χ1n) is 9.01. The molecule has 2 aromatic rings. The normalized spacial score (nSPS) is 15.6. The van der Waals surface area contributed by atoms with Crippen molar-refractivity contribution >= 4 is 17.5 Å². The predicted octanol–water partition coefficient (Wildman–Crippen LogP) is 3.29. The van der Waals surface area contributed by atoms with Gasteiger partial charge in [0.15, 0.2) is 0 Å². The molecule has 2 N–H and O–H groups in total. The summed E-state index contributed by atoms with van der Waals surface area (Å²) in [5.74, 6) is -0.342. The molecule has 2 aromatic carbocycles. The lowest BCUT2D eigenvalue weighted by Gasteiger charge is -2.25. The van der Waals surface area contributed by atoms with Crippen molar-refractivity contribution in [2.75, 3.05) is 11.9 Å². The molecule has 142 valence electrons. The molecule has 0 aromatic heterocycles. The number of carbonyl (C=O) groups excluding carboxylic acids is 2. The minimum absolute atomic E-state index is 0.0640. The average molecular weight is 370 g/mol. The highest BCUT2D eigenvalue weighted by Gasteiger charge is 2.26. The molecule has 5 nitrogen and oxygen atoms in total. The van der Waals surface area contributed by atoms with Gasteiger partial charge in [0.25, 0.3) is 0 Å². The second-order valence-corrected chi connectivity index (χ2v) is 6.99. The average Bonchev–Trinajstić information content (AvgIpc) is 2.66. The first kappa shape index (κ1) is 18.9. The van der Waals surface area contributed by atoms with Crippen molar-refractivity contribution in [3.63, 3.8) is 0 Å². The number of anilines is 1. The van der Waals surface area contributed by atoms with Crippen molar-refractivity contribution in [2.24, 2.45) is 11.8 Å². The topological polar surface area (TPSA) is 67.4 Å². The SMILES string of the molecule is CC(C)C(=O)Nc1ccc2c(c1)C[C@H](C(=O)NCc1ccccc1F)CO2. The van der Waals surface area contributed by atoms with Gasteiger partial charge in [0, 0.05) is 23.7 Å². The largest absolute Gasteiger partial charge is 0.492 e. The van der Waals surface area contributed by atoms with Crippen molar-refractivity contribution in [2.45, 2.75) is 26.8 Å². The molecule has 6 heteroatoms. The zero-order valence-corrected chi connectivity index (χ0v) is 15.4. The van der Waals surface area contributed by atoms with Gasteiger partial charge in [0.2, 0.25) is 11.8 Å². The first-order valence-corrected chi connectivity index (χ1v) is 9.01. The Labute approximate surface area is 157 Å². The van der Waals surface area contributed by atoms with Crippen LogP contribution in [0.4, 0.5) is 10.1 Å². The molecule has 1 aliphatic heterocycles. The summed E-state index contributed by atoms with van der Waals surface area (Å²) in [4.78, 5) is 24.3. The number of halogens is 1. The summed E-state index contributed by atoms with van der Waals surface area (Å²) in [5.41, 5.74) is 2.00. The molecule has 0 bridgehead atoms. The number of amides is 2. The summed E-state index contributed by atoms with van der Waals surface area (Å²) < 4.78 is 19.4. The Morgan fingerprint density at radius 2 is 2.00 bits per heavy atom. The van der Waals surface area contributed by atoms with Gasteiger partial charge in [-0.15, -0.1) is 0 Å². The second kappa shape index (κ2) is 8.20. The molecule has 0 spiro atoms. The van der Waals surface area contributed by atoms with Crippen LogP contribution < -0.4 is 15.4 Å². The fourth-order valence-corrected chi connectivity index (χ4v) is 2.90. The molecule has 27 heavy (non-hydrogen) atoms. The third kappa shape index (κ3) is 4.64. The number of fused-ring (bicyclic) bond motifs is 1. The number of carbonyl (C=O) groups is 2. The van der Waals surface area contributed by atoms with Gasteiger partial charge >= 0.3 is 0 Å². The molecule has 0 unspecified atom stereocenters. The summed E-state index contributed by atoms with van der Waals surface area (Å²) in [6.07, 6.45) is 0.504. The molecule has 0 radical (unpaired) electrons. The Kier molecular flexibility index (Phi) is 5.74. The summed E-state index contributed by atoms with van der Waals surface area (Å²) in [7, 11) is 0. The molecule has 0 saturated carbocycles. The van der Waals surface area contributed by atoms with Crippen LogP contribution >= 0.6 is 0 Å². The third-order valence-corrected chi connectivity index (χ3v) is 4.54. The van der Waals surface area contributed by atoms with E-state index in [0.29, 0.717) is 17.7 Å². The highest BCUT2D eigenvalue weighted by atomic mass is 19.1. The third-order valence-electron chi connectivity index (χ3n) is 4.54. The Morgan fingerprint density at radius 3 is 2.74 bits per heavy atom. The number of hydrogen-bond acceptors (Lipinski definition) is 3. The van der Waals surface area contributed by atoms with Gasteiger partial charge in [-0.3, -0.25) is 9.59 Å². The number of nitrogens with one attached hydrogen (secondary N) is 2. The molecule has 0 aliphatic carbocycles. The minimum Gasteiger partial charge on any atom is -0.492 e. The van der Waals surface area contributed by atoms with Gasteiger partial charge in [-0.25, -0.2) is 4.39 Å². The molecular formula is C21H23FN2O3. The van der Waals surface area contributed by atoms with Crippen molar-refractivity contribution in [1.82, 2.24) is 5.32 Å². The molecule has 1 aliphatic rings. The molecular weight excluding hydrogens is 347 g/mol. The zero-order chi connectivity index (χ0) is 19.4. The van der Waals surface area contributed by atoms with E-state index in [-0.39, 0.29) is 42.6 Å². The number of hydrogen-bond donors (Lipinski definition) is 2. The highest BCUT2D eigenvalue weighted by Crippen LogP contribution is 2.30. The van der Waals surface area contributed by atoms with Crippen LogP contribution in [-0.4, -0.2) is 18.4 Å². The van der Waals surface area contributed by atoms with Gasteiger partial charge in [0.1, 0.15) is 18.2 Å². The number of ether oxygens (including phenoxy) is 1. The lowest BCUT2D eigenvalue weighted by atomic mass is 9.95. The quantitative estimate of drug-likeness (QED) is 0.849. The van der Waals surface area contributed by atoms with E-state index < -0.39 is 0 Å². The van der Waals surface area contributed by atoms with E-state index in [4.69, 9.17) is 4.74 Å². The minimum atomic E-state index is -0.361. The Bertz CT molecular complexity index is 851. The molecule has 2 amide bonds. The van der Waals surface area contributed by atoms with E-state index in [1.807, 2.05) is 19.9 Å². The summed E-state index contributed by atoms with van der Waals surface area (Å²) >= 11 is 0. The first-order chi connectivity index (χ1) is 12.9. The number of rotatable bonds is 5. The smallest absolute Gasteiger partial charge is 0.227 e. The maximum absolute atomic E-state index is 13.7. The van der Waals surface area contributed by atoms with Crippen LogP contribution in [0.15, 0.2) is 42.5 Å². The van der Waals surface area contributed by atoms with E-state index in [2.05, 4.69) is 10.6 Å². The van der Waals surface area contributed by atoms with E-state index in [1.54, 1.807) is 30.3 Å². The van der Waals surface area contributed by atoms with Crippen LogP contribution in [0, 0.1) is 17.7 Å². The standard InChI is InChI=1S/C21H23FN2O3/c1-13(2)20(25)24-17-7-8-19-15(10-17)9-16(12-27-19)21(26)23-11-14-5-3-4-6-18(14)22/h3-8,10,13,16H,9,11-12H2,1-2H3,(H,23,26)(H,24,25)/t16-/m0/s1. The maximum Gasteiger partial charge on any atom is 0.227 e. The summed E-state index contributed by atoms with van der Waals surface area (Å²) in [6, 6.07) is 11.8. The highest BCUT2D eigenvalue weighted by molar-refractivity contribution is 5.92. The van der Waals surface area contributed by atoms with Crippen LogP contribution in [0.1, 0.15) is 25.0 Å². The van der Waals surface area contributed by atoms with Gasteiger partial charge in [-0.2, -0.15) is 0 Å². The Hall–Kier alpha value is -2.89. The molecule has 0 fully saturated rings. The van der Waals surface area contributed by atoms with Crippen LogP contribution in [-0.2, 0) is 22.6 Å². The van der Waals surface area contributed by atoms with Gasteiger partial charge in [0.05, 0.1) is 5.92 Å². The number of benzene rings is 2. The van der Waals surface area contributed by atoms with Gasteiger partial charge < -0.3 is 15.4 Å². The lowest BCUT2D eigenvalue weighted by molar-refractivity contribution is -0.126. The molecule has 1 heterocycles. The fourth-order valence-electron chi connectivity index (χ4n) is 2.90. The van der Waals surface area contributed by atoms with E-state index in [0.717, 1.165) is 11.3 Å². The van der Waals surface area contributed by atoms with Crippen LogP contribution in [0.2, 0.25) is 0 Å². The fraction of sp³-hybridized carbons (Fsp3) is 0.333. The lowest BCUT2D eigenvalue weighted by Crippen LogP contribution is -2.37. The van der Waals surface area contributed by atoms with E-state index in [9.17, 15) is 14.0 Å². The van der Waals surface area contributed by atoms with E-state index in [1.165, 1.54) is 6.07 Å². The Balaban J connectivity index is 1.63. The van der Waals surface area contributed by atoms with E-state index >= 15 is 0 Å². The molecule has 3 rings (SSSR count). The van der Waals surface area contributed by atoms with Crippen molar-refractivity contribution in [1.29, 1.82) is 0 Å². The maximum atomic E-state index is 13.7. The molecule has 0 saturated heterocycles. The second-order valence-electron chi connectivity index (χ2n) is 6.99. The molecule has 1 atom stereocenters. The van der Waals surface area contributed by atoms with Crippen molar-refractivity contribution < 1.29 is 18.7 Å². The van der Waals surface area contributed by atoms with Gasteiger partial charge in [-0.1, -0.05) is 32.0 Å². The summed E-state index contributed by atoms with van der Waals surface area (Å²) in [5, 5.41) is 5.63. The predicted molar refractivity (Wildman–Crippen MR) is 101 cm³/mol. The Morgan fingerprint density at radius 1 is 1.22 bits per heavy atom. The van der Waals surface area contributed by atoms with Crippen molar-refractivity contribution in [3.05, 3.63) is 59.4 Å².